The molecule has 174 valence electrons. The van der Waals surface area contributed by atoms with Gasteiger partial charge >= 0.3 is 5.91 Å². The largest absolute Gasteiger partial charge is 0.459 e. The molecule has 9 nitrogen and oxygen atoms in total. The molecule has 0 saturated carbocycles. The third kappa shape index (κ3) is 6.81. The Labute approximate surface area is 192 Å². The topological polar surface area (TPSA) is 117 Å². The molecule has 3 rings (SSSR count). The van der Waals surface area contributed by atoms with Crippen molar-refractivity contribution in [3.63, 3.8) is 0 Å². The standard InChI is InChI=1S/C24H28N4O5/c1-3-28(4-2)16-18-12-13-21(33-18)24(31)27-26-22(29)19(15-17-9-6-5-7-10-17)25-23(30)20-11-8-14-32-20/h5-14,19H,3-4,15-16H2,1-2H3,(H,25,30)(H,26,29)(H,27,31). The fraction of sp³-hybridized carbons (Fsp3) is 0.292. The first-order valence-electron chi connectivity index (χ1n) is 10.8. The van der Waals surface area contributed by atoms with Gasteiger partial charge in [0.25, 0.3) is 11.8 Å². The number of hydrogen-bond donors (Lipinski definition) is 3. The normalized spacial score (nSPS) is 11.7. The summed E-state index contributed by atoms with van der Waals surface area (Å²) in [4.78, 5) is 39.8. The average molecular weight is 453 g/mol. The fourth-order valence-corrected chi connectivity index (χ4v) is 3.22. The summed E-state index contributed by atoms with van der Waals surface area (Å²) in [5.41, 5.74) is 5.56. The second-order valence-electron chi connectivity index (χ2n) is 7.36. The first kappa shape index (κ1) is 23.8. The van der Waals surface area contributed by atoms with Gasteiger partial charge in [-0.3, -0.25) is 30.1 Å². The number of carbonyl (C=O) groups is 3. The van der Waals surface area contributed by atoms with E-state index in [4.69, 9.17) is 8.83 Å². The van der Waals surface area contributed by atoms with Crippen molar-refractivity contribution in [1.29, 1.82) is 0 Å². The maximum Gasteiger partial charge on any atom is 0.305 e. The van der Waals surface area contributed by atoms with Gasteiger partial charge in [0.15, 0.2) is 11.5 Å². The molecular formula is C24H28N4O5. The third-order valence-electron chi connectivity index (χ3n) is 5.11. The molecule has 33 heavy (non-hydrogen) atoms. The van der Waals surface area contributed by atoms with Gasteiger partial charge in [0.05, 0.1) is 12.8 Å². The number of hydrogen-bond acceptors (Lipinski definition) is 6. The monoisotopic (exact) mass is 452 g/mol. The molecule has 1 aromatic carbocycles. The maximum atomic E-state index is 12.8. The lowest BCUT2D eigenvalue weighted by Crippen LogP contribution is -2.53. The molecule has 2 heterocycles. The van der Waals surface area contributed by atoms with Crippen LogP contribution < -0.4 is 16.2 Å². The van der Waals surface area contributed by atoms with Gasteiger partial charge in [-0.25, -0.2) is 0 Å². The Morgan fingerprint density at radius 1 is 0.879 bits per heavy atom. The number of rotatable bonds is 10. The van der Waals surface area contributed by atoms with Crippen LogP contribution in [0, 0.1) is 0 Å². The van der Waals surface area contributed by atoms with Crippen molar-refractivity contribution >= 4 is 17.7 Å². The van der Waals surface area contributed by atoms with Crippen LogP contribution >= 0.6 is 0 Å². The van der Waals surface area contributed by atoms with Crippen molar-refractivity contribution in [3.8, 4) is 0 Å². The lowest BCUT2D eigenvalue weighted by Gasteiger charge is -2.18. The molecule has 0 aliphatic heterocycles. The summed E-state index contributed by atoms with van der Waals surface area (Å²) < 4.78 is 10.7. The Kier molecular flexibility index (Phi) is 8.43. The van der Waals surface area contributed by atoms with E-state index >= 15 is 0 Å². The van der Waals surface area contributed by atoms with Gasteiger partial charge in [-0.1, -0.05) is 44.2 Å². The zero-order valence-electron chi connectivity index (χ0n) is 18.7. The van der Waals surface area contributed by atoms with E-state index in [2.05, 4.69) is 21.1 Å². The number of nitrogens with zero attached hydrogens (tertiary/aromatic N) is 1. The highest BCUT2D eigenvalue weighted by atomic mass is 16.4. The van der Waals surface area contributed by atoms with Crippen LogP contribution in [0.1, 0.15) is 46.3 Å². The summed E-state index contributed by atoms with van der Waals surface area (Å²) in [5.74, 6) is -0.887. The second-order valence-corrected chi connectivity index (χ2v) is 7.36. The van der Waals surface area contributed by atoms with Crippen LogP contribution in [0.25, 0.3) is 0 Å². The third-order valence-corrected chi connectivity index (χ3v) is 5.11. The molecule has 0 spiro atoms. The van der Waals surface area contributed by atoms with Crippen molar-refractivity contribution in [2.45, 2.75) is 32.9 Å². The van der Waals surface area contributed by atoms with Crippen molar-refractivity contribution in [2.24, 2.45) is 0 Å². The molecule has 3 amide bonds. The Morgan fingerprint density at radius 2 is 1.64 bits per heavy atom. The molecule has 2 aromatic heterocycles. The molecule has 0 aliphatic rings. The van der Waals surface area contributed by atoms with E-state index in [-0.39, 0.29) is 17.9 Å². The summed E-state index contributed by atoms with van der Waals surface area (Å²) in [6, 6.07) is 14.7. The van der Waals surface area contributed by atoms with Crippen LogP contribution in [-0.4, -0.2) is 41.8 Å². The Balaban J connectivity index is 1.62. The molecule has 0 saturated heterocycles. The lowest BCUT2D eigenvalue weighted by molar-refractivity contribution is -0.123. The number of hydrazine groups is 1. The SMILES string of the molecule is CCN(CC)Cc1ccc(C(=O)NNC(=O)C(Cc2ccccc2)NC(=O)c2ccco2)o1. The smallest absolute Gasteiger partial charge is 0.305 e. The van der Waals surface area contributed by atoms with Gasteiger partial charge in [-0.05, 0) is 42.9 Å². The molecule has 1 unspecified atom stereocenters. The average Bonchev–Trinajstić information content (AvgIpc) is 3.53. The Hall–Kier alpha value is -3.85. The molecule has 0 aliphatic carbocycles. The van der Waals surface area contributed by atoms with Gasteiger partial charge in [0.2, 0.25) is 0 Å². The summed E-state index contributed by atoms with van der Waals surface area (Å²) in [5, 5.41) is 2.64. The van der Waals surface area contributed by atoms with E-state index in [9.17, 15) is 14.4 Å². The number of benzene rings is 1. The van der Waals surface area contributed by atoms with E-state index in [0.29, 0.717) is 12.3 Å². The van der Waals surface area contributed by atoms with Crippen LogP contribution in [0.3, 0.4) is 0 Å². The number of nitrogens with one attached hydrogen (secondary N) is 3. The minimum absolute atomic E-state index is 0.0803. The highest BCUT2D eigenvalue weighted by molar-refractivity contribution is 5.97. The second kappa shape index (κ2) is 11.7. The van der Waals surface area contributed by atoms with Gasteiger partial charge in [-0.2, -0.15) is 0 Å². The minimum atomic E-state index is -0.944. The van der Waals surface area contributed by atoms with E-state index in [1.807, 2.05) is 44.2 Å². The number of amides is 3. The number of carbonyl (C=O) groups excluding carboxylic acids is 3. The zero-order valence-corrected chi connectivity index (χ0v) is 18.7. The Morgan fingerprint density at radius 3 is 2.30 bits per heavy atom. The summed E-state index contributed by atoms with van der Waals surface area (Å²) >= 11 is 0. The predicted molar refractivity (Wildman–Crippen MR) is 121 cm³/mol. The number of furan rings is 2. The Bertz CT molecular complexity index is 1040. The minimum Gasteiger partial charge on any atom is -0.459 e. The van der Waals surface area contributed by atoms with Crippen LogP contribution in [-0.2, 0) is 17.8 Å². The predicted octanol–water partition coefficient (Wildman–Crippen LogP) is 2.52. The van der Waals surface area contributed by atoms with Gasteiger partial charge in [-0.15, -0.1) is 0 Å². The van der Waals surface area contributed by atoms with Gasteiger partial charge < -0.3 is 14.2 Å². The first-order valence-corrected chi connectivity index (χ1v) is 10.8. The fourth-order valence-electron chi connectivity index (χ4n) is 3.22. The molecular weight excluding hydrogens is 424 g/mol. The summed E-state index contributed by atoms with van der Waals surface area (Å²) in [6.45, 7) is 6.41. The highest BCUT2D eigenvalue weighted by Crippen LogP contribution is 2.11. The molecule has 3 aromatic rings. The van der Waals surface area contributed by atoms with Crippen molar-refractivity contribution in [2.75, 3.05) is 13.1 Å². The van der Waals surface area contributed by atoms with Crippen molar-refractivity contribution in [1.82, 2.24) is 21.1 Å². The first-order chi connectivity index (χ1) is 16.0. The molecule has 0 radical (unpaired) electrons. The zero-order chi connectivity index (χ0) is 23.6. The van der Waals surface area contributed by atoms with Gasteiger partial charge in [0, 0.05) is 6.42 Å². The van der Waals surface area contributed by atoms with E-state index in [0.717, 1.165) is 18.7 Å². The lowest BCUT2D eigenvalue weighted by atomic mass is 10.1. The van der Waals surface area contributed by atoms with Crippen LogP contribution in [0.15, 0.2) is 69.7 Å². The molecule has 3 N–H and O–H groups in total. The van der Waals surface area contributed by atoms with E-state index < -0.39 is 23.8 Å². The van der Waals surface area contributed by atoms with Crippen LogP contribution in [0.2, 0.25) is 0 Å². The summed E-state index contributed by atoms with van der Waals surface area (Å²) in [7, 11) is 0. The van der Waals surface area contributed by atoms with Crippen LogP contribution in [0.5, 0.6) is 0 Å². The molecule has 1 atom stereocenters. The molecule has 9 heteroatoms. The summed E-state index contributed by atoms with van der Waals surface area (Å²) in [6.07, 6.45) is 1.60. The van der Waals surface area contributed by atoms with E-state index in [1.54, 1.807) is 18.2 Å². The van der Waals surface area contributed by atoms with Crippen molar-refractivity contribution in [3.05, 3.63) is 83.7 Å². The van der Waals surface area contributed by atoms with Gasteiger partial charge in [0.1, 0.15) is 11.8 Å². The maximum absolute atomic E-state index is 12.8. The highest BCUT2D eigenvalue weighted by Gasteiger charge is 2.24. The molecule has 0 fully saturated rings. The molecule has 0 bridgehead atoms. The quantitative estimate of drug-likeness (QED) is 0.407. The van der Waals surface area contributed by atoms with E-state index in [1.165, 1.54) is 12.3 Å². The van der Waals surface area contributed by atoms with Crippen molar-refractivity contribution < 1.29 is 23.2 Å². The van der Waals surface area contributed by atoms with Crippen LogP contribution in [0.4, 0.5) is 0 Å².